The van der Waals surface area contributed by atoms with Gasteiger partial charge in [0.05, 0.1) is 11.4 Å². The molecule has 3 heterocycles. The van der Waals surface area contributed by atoms with Crippen molar-refractivity contribution in [3.05, 3.63) is 96.0 Å². The molecule has 0 aliphatic carbocycles. The molecule has 0 atom stereocenters. The fraction of sp³-hybridized carbons (Fsp3) is 0.207. The first-order valence-corrected chi connectivity index (χ1v) is 12.9. The molecule has 1 aromatic carbocycles. The van der Waals surface area contributed by atoms with Crippen molar-refractivity contribution in [2.45, 2.75) is 13.0 Å². The van der Waals surface area contributed by atoms with Crippen molar-refractivity contribution in [1.29, 1.82) is 0 Å². The molecule has 0 unspecified atom stereocenters. The molecule has 0 fully saturated rings. The lowest BCUT2D eigenvalue weighted by Crippen LogP contribution is -2.24. The Morgan fingerprint density at radius 1 is 0.881 bits per heavy atom. The van der Waals surface area contributed by atoms with Crippen LogP contribution in [0.4, 0.5) is 22.0 Å². The Balaban J connectivity index is 1.33. The molecule has 13 heteroatoms. The largest absolute Gasteiger partial charge is 0.445 e. The second-order valence-electron chi connectivity index (χ2n) is 9.62. The minimum atomic E-state index is -0.584. The topological polar surface area (TPSA) is 167 Å². The van der Waals surface area contributed by atoms with Crippen LogP contribution in [0.5, 0.6) is 0 Å². The smallest absolute Gasteiger partial charge is 0.411 e. The van der Waals surface area contributed by atoms with E-state index in [1.165, 1.54) is 16.8 Å². The molecule has 3 aromatic heterocycles. The van der Waals surface area contributed by atoms with Gasteiger partial charge in [0, 0.05) is 58.4 Å². The number of carbonyl (C=O) groups excluding carboxylic acids is 4. The Kier molecular flexibility index (Phi) is 8.90. The van der Waals surface area contributed by atoms with Crippen molar-refractivity contribution in [3.63, 3.8) is 0 Å². The fourth-order valence-corrected chi connectivity index (χ4v) is 4.30. The standard InChI is InChI=1S/C29H32N8O5/c1-5-10-42-29(41)33-20-8-6-18(7-9-20)14-31-27(39)23-11-19(15-35(23)2)12-24(38)22-13-21(16-36(22)3)32-28(40)26-34-25(30)17-37(26)4/h5-9,11,13,15-17H,1,10,12,14,30H2,2-4H3,(H,31,39)(H,32,40)(H,33,41). The van der Waals surface area contributed by atoms with Crippen LogP contribution < -0.4 is 21.7 Å². The summed E-state index contributed by atoms with van der Waals surface area (Å²) in [6, 6.07) is 10.2. The molecule has 0 aliphatic rings. The van der Waals surface area contributed by atoms with Gasteiger partial charge in [-0.3, -0.25) is 19.7 Å². The highest BCUT2D eigenvalue weighted by Crippen LogP contribution is 2.18. The number of carbonyl (C=O) groups is 4. The first-order valence-electron chi connectivity index (χ1n) is 12.9. The number of Topliss-reactive ketones (excluding diaryl/α,β-unsaturated/α-hetero) is 1. The van der Waals surface area contributed by atoms with E-state index in [0.717, 1.165) is 5.56 Å². The van der Waals surface area contributed by atoms with Gasteiger partial charge in [-0.05, 0) is 35.4 Å². The summed E-state index contributed by atoms with van der Waals surface area (Å²) in [6.07, 6.45) is 5.86. The summed E-state index contributed by atoms with van der Waals surface area (Å²) in [7, 11) is 5.10. The molecule has 42 heavy (non-hydrogen) atoms. The molecule has 13 nitrogen and oxygen atoms in total. The van der Waals surface area contributed by atoms with Crippen molar-refractivity contribution in [2.75, 3.05) is 23.0 Å². The maximum absolute atomic E-state index is 13.1. The number of ketones is 1. The summed E-state index contributed by atoms with van der Waals surface area (Å²) >= 11 is 0. The maximum atomic E-state index is 13.1. The number of rotatable bonds is 11. The highest BCUT2D eigenvalue weighted by molar-refractivity contribution is 6.04. The van der Waals surface area contributed by atoms with E-state index in [0.29, 0.717) is 28.3 Å². The van der Waals surface area contributed by atoms with Gasteiger partial charge in [-0.2, -0.15) is 0 Å². The number of benzene rings is 1. The molecule has 0 bridgehead atoms. The van der Waals surface area contributed by atoms with Gasteiger partial charge in [-0.15, -0.1) is 0 Å². The lowest BCUT2D eigenvalue weighted by molar-refractivity contribution is 0.0940. The minimum Gasteiger partial charge on any atom is -0.445 e. The van der Waals surface area contributed by atoms with Crippen molar-refractivity contribution in [3.8, 4) is 0 Å². The van der Waals surface area contributed by atoms with Crippen LogP contribution in [0, 0.1) is 0 Å². The number of aromatic nitrogens is 4. The normalized spacial score (nSPS) is 10.6. The molecule has 0 radical (unpaired) electrons. The summed E-state index contributed by atoms with van der Waals surface area (Å²) in [5.74, 6) is -0.553. The number of aryl methyl sites for hydroxylation is 3. The second kappa shape index (κ2) is 12.7. The van der Waals surface area contributed by atoms with Crippen molar-refractivity contribution in [1.82, 2.24) is 24.0 Å². The van der Waals surface area contributed by atoms with Gasteiger partial charge in [-0.25, -0.2) is 9.78 Å². The molecule has 4 aromatic rings. The lowest BCUT2D eigenvalue weighted by Gasteiger charge is -2.08. The van der Waals surface area contributed by atoms with Crippen LogP contribution in [0.2, 0.25) is 0 Å². The second-order valence-corrected chi connectivity index (χ2v) is 9.62. The van der Waals surface area contributed by atoms with E-state index in [-0.39, 0.29) is 42.9 Å². The predicted octanol–water partition coefficient (Wildman–Crippen LogP) is 3.02. The number of ether oxygens (including phenoxy) is 1. The number of imidazole rings is 1. The van der Waals surface area contributed by atoms with Crippen molar-refractivity contribution in [2.24, 2.45) is 21.1 Å². The number of anilines is 3. The Morgan fingerprint density at radius 2 is 1.60 bits per heavy atom. The average molecular weight is 573 g/mol. The molecule has 0 aliphatic heterocycles. The van der Waals surface area contributed by atoms with Gasteiger partial charge in [-0.1, -0.05) is 24.8 Å². The minimum absolute atomic E-state index is 0.0615. The molecule has 5 N–H and O–H groups in total. The van der Waals surface area contributed by atoms with E-state index in [2.05, 4.69) is 27.5 Å². The first kappa shape index (κ1) is 29.4. The third-order valence-corrected chi connectivity index (χ3v) is 6.29. The Labute approximate surface area is 242 Å². The molecule has 3 amide bonds. The summed E-state index contributed by atoms with van der Waals surface area (Å²) in [6.45, 7) is 3.87. The zero-order valence-electron chi connectivity index (χ0n) is 23.5. The maximum Gasteiger partial charge on any atom is 0.411 e. The van der Waals surface area contributed by atoms with Gasteiger partial charge in [0.2, 0.25) is 5.82 Å². The van der Waals surface area contributed by atoms with Crippen LogP contribution in [0.15, 0.2) is 67.6 Å². The van der Waals surface area contributed by atoms with Crippen LogP contribution in [0.3, 0.4) is 0 Å². The molecular weight excluding hydrogens is 540 g/mol. The fourth-order valence-electron chi connectivity index (χ4n) is 4.30. The van der Waals surface area contributed by atoms with E-state index in [4.69, 9.17) is 10.5 Å². The number of nitrogens with two attached hydrogens (primary N) is 1. The highest BCUT2D eigenvalue weighted by Gasteiger charge is 2.19. The van der Waals surface area contributed by atoms with Gasteiger partial charge in [0.1, 0.15) is 18.1 Å². The first-order chi connectivity index (χ1) is 20.0. The monoisotopic (exact) mass is 572 g/mol. The molecular formula is C29H32N8O5. The van der Waals surface area contributed by atoms with Crippen LogP contribution in [0.25, 0.3) is 0 Å². The van der Waals surface area contributed by atoms with E-state index in [9.17, 15) is 19.2 Å². The van der Waals surface area contributed by atoms with Gasteiger partial charge in [0.25, 0.3) is 11.8 Å². The summed E-state index contributed by atoms with van der Waals surface area (Å²) in [5.41, 5.74) is 8.94. The summed E-state index contributed by atoms with van der Waals surface area (Å²) in [5, 5.41) is 8.20. The van der Waals surface area contributed by atoms with E-state index < -0.39 is 12.0 Å². The van der Waals surface area contributed by atoms with Gasteiger partial charge >= 0.3 is 6.09 Å². The Bertz CT molecular complexity index is 1640. The summed E-state index contributed by atoms with van der Waals surface area (Å²) in [4.78, 5) is 54.2. The molecule has 0 saturated carbocycles. The number of amides is 3. The third-order valence-electron chi connectivity index (χ3n) is 6.29. The Morgan fingerprint density at radius 3 is 2.26 bits per heavy atom. The number of hydrogen-bond donors (Lipinski definition) is 4. The summed E-state index contributed by atoms with van der Waals surface area (Å²) < 4.78 is 9.69. The van der Waals surface area contributed by atoms with Crippen LogP contribution in [-0.4, -0.2) is 49.0 Å². The predicted molar refractivity (Wildman–Crippen MR) is 157 cm³/mol. The van der Waals surface area contributed by atoms with E-state index in [1.807, 2.05) is 0 Å². The quantitative estimate of drug-likeness (QED) is 0.158. The van der Waals surface area contributed by atoms with Crippen LogP contribution >= 0.6 is 0 Å². The number of hydrogen-bond acceptors (Lipinski definition) is 7. The highest BCUT2D eigenvalue weighted by atomic mass is 16.5. The van der Waals surface area contributed by atoms with E-state index in [1.54, 1.807) is 79.1 Å². The van der Waals surface area contributed by atoms with Crippen LogP contribution in [0.1, 0.15) is 42.7 Å². The average Bonchev–Trinajstić information content (AvgIpc) is 3.61. The van der Waals surface area contributed by atoms with Gasteiger partial charge in [0.15, 0.2) is 5.78 Å². The van der Waals surface area contributed by atoms with E-state index >= 15 is 0 Å². The molecule has 0 saturated heterocycles. The van der Waals surface area contributed by atoms with Crippen LogP contribution in [-0.2, 0) is 38.8 Å². The SMILES string of the molecule is C=CCOC(=O)Nc1ccc(CNC(=O)c2cc(CC(=O)c3cc(NC(=O)c4nc(N)cn4C)cn3C)cn2C)cc1. The number of nitrogens with zero attached hydrogens (tertiary/aromatic N) is 4. The molecule has 0 spiro atoms. The third kappa shape index (κ3) is 7.13. The number of nitrogens with one attached hydrogen (secondary N) is 3. The molecule has 4 rings (SSSR count). The van der Waals surface area contributed by atoms with Crippen molar-refractivity contribution >= 4 is 40.9 Å². The molecule has 218 valence electrons. The lowest BCUT2D eigenvalue weighted by atomic mass is 10.1. The van der Waals surface area contributed by atoms with Crippen molar-refractivity contribution < 1.29 is 23.9 Å². The number of nitrogen functional groups attached to an aromatic ring is 1. The van der Waals surface area contributed by atoms with Gasteiger partial charge < -0.3 is 34.8 Å². The Hall–Kier alpha value is -5.59. The zero-order valence-corrected chi connectivity index (χ0v) is 23.5. The zero-order chi connectivity index (χ0) is 30.4.